The number of likely N-dealkylation sites (tertiary alicyclic amines) is 1. The van der Waals surface area contributed by atoms with Gasteiger partial charge in [-0.25, -0.2) is 8.42 Å². The average Bonchev–Trinajstić information content (AvgIpc) is 3.02. The molecule has 25 heavy (non-hydrogen) atoms. The number of hydrogen-bond donors (Lipinski definition) is 1. The Kier molecular flexibility index (Phi) is 5.46. The van der Waals surface area contributed by atoms with Crippen LogP contribution in [0.1, 0.15) is 43.0 Å². The first-order valence-electron chi connectivity index (χ1n) is 9.05. The molecule has 1 amide bonds. The molecule has 2 unspecified atom stereocenters. The SMILES string of the molecule is CC1CC(CN)CN1C(=O)c1ccccc1S(=O)(=O)N1CCCCC1. The molecule has 0 spiro atoms. The van der Waals surface area contributed by atoms with Crippen molar-refractivity contribution >= 4 is 15.9 Å². The summed E-state index contributed by atoms with van der Waals surface area (Å²) in [4.78, 5) is 15.0. The fourth-order valence-corrected chi connectivity index (χ4v) is 5.56. The van der Waals surface area contributed by atoms with E-state index in [0.29, 0.717) is 26.2 Å². The Balaban J connectivity index is 1.92. The maximum atomic E-state index is 13.1. The highest BCUT2D eigenvalue weighted by Crippen LogP contribution is 2.28. The van der Waals surface area contributed by atoms with E-state index in [-0.39, 0.29) is 28.3 Å². The second kappa shape index (κ2) is 7.43. The molecule has 2 saturated heterocycles. The summed E-state index contributed by atoms with van der Waals surface area (Å²) in [6, 6.07) is 6.67. The van der Waals surface area contributed by atoms with Gasteiger partial charge >= 0.3 is 0 Å². The number of carbonyl (C=O) groups excluding carboxylic acids is 1. The van der Waals surface area contributed by atoms with Gasteiger partial charge in [0.1, 0.15) is 0 Å². The van der Waals surface area contributed by atoms with Crippen molar-refractivity contribution in [1.82, 2.24) is 9.21 Å². The van der Waals surface area contributed by atoms with Crippen molar-refractivity contribution in [3.05, 3.63) is 29.8 Å². The number of rotatable bonds is 4. The van der Waals surface area contributed by atoms with Gasteiger partial charge in [-0.05, 0) is 50.8 Å². The number of carbonyl (C=O) groups is 1. The van der Waals surface area contributed by atoms with Crippen LogP contribution in [0.15, 0.2) is 29.2 Å². The Hall–Kier alpha value is -1.44. The first-order chi connectivity index (χ1) is 11.9. The molecular formula is C18H27N3O3S. The van der Waals surface area contributed by atoms with E-state index in [0.717, 1.165) is 25.7 Å². The molecule has 138 valence electrons. The lowest BCUT2D eigenvalue weighted by atomic mass is 10.1. The third-order valence-corrected chi connectivity index (χ3v) is 7.26. The Morgan fingerprint density at radius 3 is 2.52 bits per heavy atom. The predicted molar refractivity (Wildman–Crippen MR) is 96.7 cm³/mol. The maximum absolute atomic E-state index is 13.1. The molecule has 2 N–H and O–H groups in total. The fourth-order valence-electron chi connectivity index (χ4n) is 3.86. The zero-order valence-corrected chi connectivity index (χ0v) is 15.5. The van der Waals surface area contributed by atoms with Gasteiger partial charge in [-0.2, -0.15) is 4.31 Å². The van der Waals surface area contributed by atoms with Gasteiger partial charge < -0.3 is 10.6 Å². The number of sulfonamides is 1. The van der Waals surface area contributed by atoms with Crippen LogP contribution in [0.2, 0.25) is 0 Å². The molecule has 2 heterocycles. The minimum atomic E-state index is -3.64. The minimum Gasteiger partial charge on any atom is -0.336 e. The van der Waals surface area contributed by atoms with Gasteiger partial charge in [-0.15, -0.1) is 0 Å². The normalized spacial score (nSPS) is 25.3. The predicted octanol–water partition coefficient (Wildman–Crippen LogP) is 1.67. The standard InChI is InChI=1S/C18H27N3O3S/c1-14-11-15(12-19)13-21(14)18(22)16-7-3-4-8-17(16)25(23,24)20-9-5-2-6-10-20/h3-4,7-8,14-15H,2,5-6,9-13,19H2,1H3. The van der Waals surface area contributed by atoms with Crippen LogP contribution in [0, 0.1) is 5.92 Å². The van der Waals surface area contributed by atoms with Crippen molar-refractivity contribution in [1.29, 1.82) is 0 Å². The molecule has 1 aromatic carbocycles. The van der Waals surface area contributed by atoms with E-state index in [4.69, 9.17) is 5.73 Å². The third-order valence-electron chi connectivity index (χ3n) is 5.31. The summed E-state index contributed by atoms with van der Waals surface area (Å²) >= 11 is 0. The minimum absolute atomic E-state index is 0.0757. The third kappa shape index (κ3) is 3.59. The van der Waals surface area contributed by atoms with Crippen molar-refractivity contribution in [3.8, 4) is 0 Å². The quantitative estimate of drug-likeness (QED) is 0.880. The summed E-state index contributed by atoms with van der Waals surface area (Å²) in [7, 11) is -3.64. The number of nitrogens with two attached hydrogens (primary N) is 1. The molecule has 7 heteroatoms. The summed E-state index contributed by atoms with van der Waals surface area (Å²) in [6.07, 6.45) is 3.66. The number of hydrogen-bond acceptors (Lipinski definition) is 4. The molecule has 0 aliphatic carbocycles. The molecule has 2 atom stereocenters. The highest BCUT2D eigenvalue weighted by Gasteiger charge is 2.36. The van der Waals surface area contributed by atoms with E-state index in [1.54, 1.807) is 29.2 Å². The van der Waals surface area contributed by atoms with Crippen LogP contribution in [0.5, 0.6) is 0 Å². The molecule has 0 bridgehead atoms. The van der Waals surface area contributed by atoms with E-state index in [1.807, 2.05) is 6.92 Å². The lowest BCUT2D eigenvalue weighted by Gasteiger charge is -2.28. The molecule has 2 aliphatic rings. The van der Waals surface area contributed by atoms with Gasteiger partial charge in [-0.3, -0.25) is 4.79 Å². The van der Waals surface area contributed by atoms with Crippen LogP contribution in [0.3, 0.4) is 0 Å². The van der Waals surface area contributed by atoms with Crippen LogP contribution < -0.4 is 5.73 Å². The number of nitrogens with zero attached hydrogens (tertiary/aromatic N) is 2. The van der Waals surface area contributed by atoms with E-state index < -0.39 is 10.0 Å². The Bertz CT molecular complexity index is 729. The Morgan fingerprint density at radius 2 is 1.88 bits per heavy atom. The summed E-state index contributed by atoms with van der Waals surface area (Å²) in [5.74, 6) is 0.0736. The molecular weight excluding hydrogens is 338 g/mol. The van der Waals surface area contributed by atoms with E-state index in [1.165, 1.54) is 4.31 Å². The average molecular weight is 365 g/mol. The van der Waals surface area contributed by atoms with Crippen molar-refractivity contribution in [2.45, 2.75) is 43.5 Å². The summed E-state index contributed by atoms with van der Waals surface area (Å²) < 4.78 is 27.6. The van der Waals surface area contributed by atoms with Crippen molar-refractivity contribution < 1.29 is 13.2 Å². The molecule has 0 saturated carbocycles. The largest absolute Gasteiger partial charge is 0.336 e. The maximum Gasteiger partial charge on any atom is 0.255 e. The van der Waals surface area contributed by atoms with E-state index in [2.05, 4.69) is 0 Å². The smallest absolute Gasteiger partial charge is 0.255 e. The zero-order chi connectivity index (χ0) is 18.0. The highest BCUT2D eigenvalue weighted by atomic mass is 32.2. The molecule has 2 fully saturated rings. The lowest BCUT2D eigenvalue weighted by molar-refractivity contribution is 0.0739. The first-order valence-corrected chi connectivity index (χ1v) is 10.5. The van der Waals surface area contributed by atoms with Gasteiger partial charge in [-0.1, -0.05) is 18.6 Å². The van der Waals surface area contributed by atoms with Gasteiger partial charge in [0.05, 0.1) is 10.5 Å². The first kappa shape index (κ1) is 18.4. The summed E-state index contributed by atoms with van der Waals surface area (Å²) in [6.45, 7) is 4.19. The summed E-state index contributed by atoms with van der Waals surface area (Å²) in [5, 5.41) is 0. The van der Waals surface area contributed by atoms with Crippen LogP contribution >= 0.6 is 0 Å². The number of piperidine rings is 1. The van der Waals surface area contributed by atoms with Gasteiger partial charge in [0.2, 0.25) is 10.0 Å². The van der Waals surface area contributed by atoms with E-state index >= 15 is 0 Å². The van der Waals surface area contributed by atoms with Crippen LogP contribution in [0.4, 0.5) is 0 Å². The fraction of sp³-hybridized carbons (Fsp3) is 0.611. The highest BCUT2D eigenvalue weighted by molar-refractivity contribution is 7.89. The van der Waals surface area contributed by atoms with Crippen molar-refractivity contribution in [2.75, 3.05) is 26.2 Å². The summed E-state index contributed by atoms with van der Waals surface area (Å²) in [5.41, 5.74) is 6.03. The van der Waals surface area contributed by atoms with Crippen molar-refractivity contribution in [3.63, 3.8) is 0 Å². The number of amides is 1. The molecule has 0 aromatic heterocycles. The molecule has 6 nitrogen and oxygen atoms in total. The van der Waals surface area contributed by atoms with Gasteiger partial charge in [0.15, 0.2) is 0 Å². The Morgan fingerprint density at radius 1 is 1.20 bits per heavy atom. The number of benzene rings is 1. The van der Waals surface area contributed by atoms with Crippen molar-refractivity contribution in [2.24, 2.45) is 11.7 Å². The molecule has 3 rings (SSSR count). The van der Waals surface area contributed by atoms with Gasteiger partial charge in [0, 0.05) is 25.7 Å². The van der Waals surface area contributed by atoms with Crippen LogP contribution in [-0.4, -0.2) is 55.8 Å². The van der Waals surface area contributed by atoms with Crippen LogP contribution in [0.25, 0.3) is 0 Å². The van der Waals surface area contributed by atoms with Gasteiger partial charge in [0.25, 0.3) is 5.91 Å². The zero-order valence-electron chi connectivity index (χ0n) is 14.7. The monoisotopic (exact) mass is 365 g/mol. The molecule has 0 radical (unpaired) electrons. The second-order valence-corrected chi connectivity index (χ2v) is 9.01. The Labute approximate surface area is 150 Å². The topological polar surface area (TPSA) is 83.7 Å². The lowest BCUT2D eigenvalue weighted by Crippen LogP contribution is -2.38. The molecule has 1 aromatic rings. The van der Waals surface area contributed by atoms with E-state index in [9.17, 15) is 13.2 Å². The van der Waals surface area contributed by atoms with Crippen LogP contribution in [-0.2, 0) is 10.0 Å². The molecule has 2 aliphatic heterocycles. The second-order valence-electron chi connectivity index (χ2n) is 7.10.